The molecule has 0 bridgehead atoms. The minimum absolute atomic E-state index is 0.222. The van der Waals surface area contributed by atoms with Gasteiger partial charge in [-0.25, -0.2) is 4.79 Å². The highest BCUT2D eigenvalue weighted by Gasteiger charge is 2.49. The number of amides is 4. The molecule has 4 amide bonds. The first kappa shape index (κ1) is 20.1. The molecule has 7 heteroatoms. The Morgan fingerprint density at radius 2 is 1.84 bits per heavy atom. The summed E-state index contributed by atoms with van der Waals surface area (Å²) < 4.78 is 5.63. The summed E-state index contributed by atoms with van der Waals surface area (Å²) in [4.78, 5) is 39.6. The number of fused-ring (bicyclic) bond motifs is 2. The maximum Gasteiger partial charge on any atom is 0.325 e. The molecule has 7 nitrogen and oxygen atoms in total. The Labute approximate surface area is 185 Å². The lowest BCUT2D eigenvalue weighted by Crippen LogP contribution is -2.44. The molecule has 0 aromatic heterocycles. The minimum atomic E-state index is -1.23. The summed E-state index contributed by atoms with van der Waals surface area (Å²) in [6, 6.07) is 20.2. The van der Waals surface area contributed by atoms with Crippen molar-refractivity contribution in [3.63, 3.8) is 0 Å². The third kappa shape index (κ3) is 3.36. The van der Waals surface area contributed by atoms with Crippen molar-refractivity contribution in [3.05, 3.63) is 77.9 Å². The van der Waals surface area contributed by atoms with Gasteiger partial charge in [-0.2, -0.15) is 0 Å². The summed E-state index contributed by atoms with van der Waals surface area (Å²) in [5, 5.41) is 7.74. The van der Waals surface area contributed by atoms with Crippen LogP contribution in [0.4, 0.5) is 4.79 Å². The van der Waals surface area contributed by atoms with Gasteiger partial charge >= 0.3 is 6.03 Å². The fourth-order valence-electron chi connectivity index (χ4n) is 4.41. The lowest BCUT2D eigenvalue weighted by atomic mass is 9.90. The lowest BCUT2D eigenvalue weighted by Gasteiger charge is -2.27. The molecule has 0 radical (unpaired) electrons. The van der Waals surface area contributed by atoms with Crippen LogP contribution in [-0.4, -0.2) is 35.9 Å². The molecule has 1 fully saturated rings. The van der Waals surface area contributed by atoms with Crippen LogP contribution in [0.15, 0.2) is 66.7 Å². The minimum Gasteiger partial charge on any atom is -0.493 e. The van der Waals surface area contributed by atoms with Crippen LogP contribution in [-0.2, 0) is 15.1 Å². The number of carbonyl (C=O) groups excluding carboxylic acids is 3. The first-order chi connectivity index (χ1) is 15.5. The fourth-order valence-corrected chi connectivity index (χ4v) is 4.41. The van der Waals surface area contributed by atoms with E-state index in [1.54, 1.807) is 6.92 Å². The number of nitrogens with one attached hydrogen (secondary N) is 2. The molecular weight excluding hydrogens is 406 g/mol. The van der Waals surface area contributed by atoms with Crippen molar-refractivity contribution in [2.24, 2.45) is 0 Å². The number of ether oxygens (including phenoxy) is 1. The van der Waals surface area contributed by atoms with E-state index in [-0.39, 0.29) is 12.6 Å². The predicted molar refractivity (Wildman–Crippen MR) is 119 cm³/mol. The van der Waals surface area contributed by atoms with Crippen molar-refractivity contribution in [3.8, 4) is 5.75 Å². The van der Waals surface area contributed by atoms with Gasteiger partial charge < -0.3 is 15.4 Å². The van der Waals surface area contributed by atoms with Gasteiger partial charge in [-0.3, -0.25) is 14.5 Å². The Bertz CT molecular complexity index is 1240. The first-order valence-corrected chi connectivity index (χ1v) is 10.6. The van der Waals surface area contributed by atoms with Crippen LogP contribution in [0.5, 0.6) is 5.75 Å². The molecule has 3 aromatic carbocycles. The van der Waals surface area contributed by atoms with Gasteiger partial charge in [-0.15, -0.1) is 0 Å². The summed E-state index contributed by atoms with van der Waals surface area (Å²) in [7, 11) is 0. The van der Waals surface area contributed by atoms with Crippen LogP contribution in [0.1, 0.15) is 30.5 Å². The number of nitrogens with zero attached hydrogens (tertiary/aromatic N) is 1. The monoisotopic (exact) mass is 429 g/mol. The summed E-state index contributed by atoms with van der Waals surface area (Å²) in [6.45, 7) is 1.82. The Morgan fingerprint density at radius 3 is 2.69 bits per heavy atom. The van der Waals surface area contributed by atoms with Crippen LogP contribution in [0.3, 0.4) is 0 Å². The van der Waals surface area contributed by atoms with Crippen LogP contribution < -0.4 is 15.4 Å². The van der Waals surface area contributed by atoms with Gasteiger partial charge in [0.15, 0.2) is 0 Å². The number of urea groups is 1. The summed E-state index contributed by atoms with van der Waals surface area (Å²) in [5.74, 6) is -0.0961. The van der Waals surface area contributed by atoms with Crippen LogP contribution in [0, 0.1) is 0 Å². The van der Waals surface area contributed by atoms with Crippen molar-refractivity contribution in [1.82, 2.24) is 15.5 Å². The Balaban J connectivity index is 1.33. The summed E-state index contributed by atoms with van der Waals surface area (Å²) in [6.07, 6.45) is 0.623. The second kappa shape index (κ2) is 7.67. The maximum absolute atomic E-state index is 13.2. The van der Waals surface area contributed by atoms with E-state index in [4.69, 9.17) is 4.74 Å². The zero-order valence-corrected chi connectivity index (χ0v) is 17.6. The van der Waals surface area contributed by atoms with Crippen LogP contribution in [0.25, 0.3) is 10.8 Å². The largest absolute Gasteiger partial charge is 0.493 e. The number of hydrogen-bond donors (Lipinski definition) is 2. The number of imide groups is 1. The molecule has 5 rings (SSSR count). The van der Waals surface area contributed by atoms with Crippen molar-refractivity contribution in [1.29, 1.82) is 0 Å². The molecule has 2 aliphatic heterocycles. The number of benzene rings is 3. The predicted octanol–water partition coefficient (Wildman–Crippen LogP) is 3.25. The summed E-state index contributed by atoms with van der Waals surface area (Å²) >= 11 is 0. The highest BCUT2D eigenvalue weighted by molar-refractivity contribution is 6.09. The average Bonchev–Trinajstić information content (AvgIpc) is 3.03. The van der Waals surface area contributed by atoms with E-state index in [2.05, 4.69) is 10.6 Å². The van der Waals surface area contributed by atoms with Crippen molar-refractivity contribution >= 4 is 28.6 Å². The van der Waals surface area contributed by atoms with Crippen molar-refractivity contribution < 1.29 is 19.1 Å². The molecule has 2 atom stereocenters. The maximum atomic E-state index is 13.2. The SMILES string of the molecule is C[C@@]1(c2ccc3ccccc3c2)NC(=O)N(CC(=O)N[C@H]2CCOc3ccccc32)C1=O. The van der Waals surface area contributed by atoms with E-state index in [0.29, 0.717) is 18.6 Å². The number of para-hydroxylation sites is 1. The molecule has 3 aromatic rings. The van der Waals surface area contributed by atoms with Gasteiger partial charge in [0.1, 0.15) is 17.8 Å². The zero-order chi connectivity index (χ0) is 22.3. The van der Waals surface area contributed by atoms with E-state index in [1.165, 1.54) is 0 Å². The zero-order valence-electron chi connectivity index (χ0n) is 17.6. The van der Waals surface area contributed by atoms with Gasteiger partial charge in [0.2, 0.25) is 5.91 Å². The Kier molecular flexibility index (Phi) is 4.81. The molecule has 32 heavy (non-hydrogen) atoms. The van der Waals surface area contributed by atoms with Crippen LogP contribution in [0.2, 0.25) is 0 Å². The molecule has 162 valence electrons. The van der Waals surface area contributed by atoms with Gasteiger partial charge in [-0.1, -0.05) is 54.6 Å². The van der Waals surface area contributed by atoms with Gasteiger partial charge in [-0.05, 0) is 35.4 Å². The standard InChI is InChI=1S/C25H23N3O4/c1-25(18-11-10-16-6-2-3-7-17(16)14-18)23(30)28(24(31)27-25)15-22(29)26-20-12-13-32-21-9-5-4-8-19(20)21/h2-11,14,20H,12-13,15H2,1H3,(H,26,29)(H,27,31)/t20-,25-/m0/s1. The van der Waals surface area contributed by atoms with Gasteiger partial charge in [0.25, 0.3) is 5.91 Å². The summed E-state index contributed by atoms with van der Waals surface area (Å²) in [5.41, 5.74) is 0.341. The van der Waals surface area contributed by atoms with Crippen LogP contribution >= 0.6 is 0 Å². The molecular formula is C25H23N3O4. The third-order valence-electron chi connectivity index (χ3n) is 6.20. The third-order valence-corrected chi connectivity index (χ3v) is 6.20. The van der Waals surface area contributed by atoms with E-state index in [0.717, 1.165) is 27.0 Å². The molecule has 0 aliphatic carbocycles. The molecule has 2 N–H and O–H groups in total. The number of carbonyl (C=O) groups is 3. The van der Waals surface area contributed by atoms with Gasteiger partial charge in [0, 0.05) is 12.0 Å². The van der Waals surface area contributed by atoms with E-state index < -0.39 is 23.4 Å². The first-order valence-electron chi connectivity index (χ1n) is 10.6. The van der Waals surface area contributed by atoms with E-state index in [9.17, 15) is 14.4 Å². The molecule has 0 saturated carbocycles. The van der Waals surface area contributed by atoms with Crippen molar-refractivity contribution in [2.45, 2.75) is 24.9 Å². The smallest absolute Gasteiger partial charge is 0.325 e. The number of hydrogen-bond acceptors (Lipinski definition) is 4. The molecule has 2 heterocycles. The lowest BCUT2D eigenvalue weighted by molar-refractivity contribution is -0.135. The normalized spacial score (nSPS) is 22.3. The van der Waals surface area contributed by atoms with Crippen molar-refractivity contribution in [2.75, 3.05) is 13.2 Å². The topological polar surface area (TPSA) is 87.7 Å². The molecule has 2 aliphatic rings. The Hall–Kier alpha value is -3.87. The molecule has 0 unspecified atom stereocenters. The Morgan fingerprint density at radius 1 is 1.09 bits per heavy atom. The molecule has 0 spiro atoms. The highest BCUT2D eigenvalue weighted by atomic mass is 16.5. The second-order valence-corrected chi connectivity index (χ2v) is 8.30. The molecule has 1 saturated heterocycles. The second-order valence-electron chi connectivity index (χ2n) is 8.30. The average molecular weight is 429 g/mol. The van der Waals surface area contributed by atoms with E-state index in [1.807, 2.05) is 66.7 Å². The fraction of sp³-hybridized carbons (Fsp3) is 0.240. The quantitative estimate of drug-likeness (QED) is 0.624. The highest BCUT2D eigenvalue weighted by Crippen LogP contribution is 2.33. The number of rotatable bonds is 4. The van der Waals surface area contributed by atoms with Gasteiger partial charge in [0.05, 0.1) is 12.6 Å². The van der Waals surface area contributed by atoms with E-state index >= 15 is 0 Å².